The molecule has 0 bridgehead atoms. The van der Waals surface area contributed by atoms with Crippen LogP contribution in [0.2, 0.25) is 0 Å². The fraction of sp³-hybridized carbons (Fsp3) is 0.462. The highest BCUT2D eigenvalue weighted by Gasteiger charge is 2.36. The summed E-state index contributed by atoms with van der Waals surface area (Å²) in [6, 6.07) is 6.91. The Bertz CT molecular complexity index is 386. The third kappa shape index (κ3) is 2.59. The zero-order valence-corrected chi connectivity index (χ0v) is 9.91. The summed E-state index contributed by atoms with van der Waals surface area (Å²) < 4.78 is 11.0. The van der Waals surface area contributed by atoms with E-state index in [2.05, 4.69) is 0 Å². The van der Waals surface area contributed by atoms with Gasteiger partial charge >= 0.3 is 0 Å². The fourth-order valence-corrected chi connectivity index (χ4v) is 1.75. The highest BCUT2D eigenvalue weighted by molar-refractivity contribution is 5.74. The second-order valence-corrected chi connectivity index (χ2v) is 4.55. The molecule has 0 amide bonds. The Labute approximate surface area is 105 Å². The van der Waals surface area contributed by atoms with Crippen molar-refractivity contribution in [3.63, 3.8) is 0 Å². The maximum atomic E-state index is 10.5. The van der Waals surface area contributed by atoms with Crippen molar-refractivity contribution in [2.75, 3.05) is 26.4 Å². The van der Waals surface area contributed by atoms with Crippen LogP contribution in [-0.4, -0.2) is 42.9 Å². The molecule has 2 rings (SSSR count). The molecule has 1 saturated heterocycles. The maximum Gasteiger partial charge on any atom is 0.183 e. The number of aliphatic hydroxyl groups excluding tert-OH is 2. The van der Waals surface area contributed by atoms with Gasteiger partial charge in [0.15, 0.2) is 6.29 Å². The van der Waals surface area contributed by atoms with Crippen molar-refractivity contribution in [2.24, 2.45) is 5.41 Å². The minimum atomic E-state index is -0.723. The lowest BCUT2D eigenvalue weighted by Gasteiger charge is -2.37. The van der Waals surface area contributed by atoms with Crippen LogP contribution in [0.25, 0.3) is 0 Å². The Morgan fingerprint density at radius 2 is 1.72 bits per heavy atom. The average molecular weight is 252 g/mol. The average Bonchev–Trinajstić information content (AvgIpc) is 2.47. The zero-order chi connectivity index (χ0) is 13.0. The minimum absolute atomic E-state index is 0.180. The Hall–Kier alpha value is -1.27. The number of hydrogen-bond donors (Lipinski definition) is 2. The number of aldehydes is 1. The predicted octanol–water partition coefficient (Wildman–Crippen LogP) is 0.515. The third-order valence-electron chi connectivity index (χ3n) is 3.10. The van der Waals surface area contributed by atoms with Crippen molar-refractivity contribution in [1.82, 2.24) is 0 Å². The van der Waals surface area contributed by atoms with Crippen LogP contribution in [0.1, 0.15) is 22.2 Å². The van der Waals surface area contributed by atoms with E-state index in [0.29, 0.717) is 5.56 Å². The van der Waals surface area contributed by atoms with E-state index in [0.717, 1.165) is 11.8 Å². The molecule has 1 aromatic rings. The molecular formula is C13H16O5. The van der Waals surface area contributed by atoms with E-state index in [9.17, 15) is 15.0 Å². The molecule has 98 valence electrons. The lowest BCUT2D eigenvalue weighted by Crippen LogP contribution is -2.44. The quantitative estimate of drug-likeness (QED) is 0.764. The maximum absolute atomic E-state index is 10.5. The topological polar surface area (TPSA) is 76.0 Å². The Kier molecular flexibility index (Phi) is 4.08. The van der Waals surface area contributed by atoms with Crippen LogP contribution >= 0.6 is 0 Å². The number of aliphatic hydroxyl groups is 2. The summed E-state index contributed by atoms with van der Waals surface area (Å²) >= 11 is 0. The van der Waals surface area contributed by atoms with Crippen LogP contribution in [0, 0.1) is 5.41 Å². The Morgan fingerprint density at radius 3 is 2.17 bits per heavy atom. The molecule has 1 aliphatic heterocycles. The van der Waals surface area contributed by atoms with Gasteiger partial charge < -0.3 is 19.7 Å². The smallest absolute Gasteiger partial charge is 0.183 e. The Balaban J connectivity index is 2.02. The molecule has 0 aromatic heterocycles. The number of rotatable bonds is 4. The van der Waals surface area contributed by atoms with E-state index in [1.165, 1.54) is 0 Å². The number of benzene rings is 1. The van der Waals surface area contributed by atoms with Gasteiger partial charge in [0.2, 0.25) is 0 Å². The molecule has 5 heteroatoms. The van der Waals surface area contributed by atoms with Gasteiger partial charge in [-0.05, 0) is 0 Å². The first-order valence-electron chi connectivity index (χ1n) is 5.73. The summed E-state index contributed by atoms with van der Waals surface area (Å²) in [5.41, 5.74) is 0.680. The largest absolute Gasteiger partial charge is 0.396 e. The van der Waals surface area contributed by atoms with Gasteiger partial charge in [-0.3, -0.25) is 4.79 Å². The van der Waals surface area contributed by atoms with E-state index in [1.54, 1.807) is 24.3 Å². The van der Waals surface area contributed by atoms with Crippen molar-refractivity contribution in [1.29, 1.82) is 0 Å². The molecule has 0 aliphatic carbocycles. The van der Waals surface area contributed by atoms with Crippen molar-refractivity contribution in [3.05, 3.63) is 35.4 Å². The van der Waals surface area contributed by atoms with Gasteiger partial charge in [-0.2, -0.15) is 0 Å². The molecule has 1 heterocycles. The molecule has 5 nitrogen and oxygen atoms in total. The summed E-state index contributed by atoms with van der Waals surface area (Å²) in [5, 5.41) is 18.4. The molecule has 0 atom stereocenters. The first-order valence-corrected chi connectivity index (χ1v) is 5.73. The van der Waals surface area contributed by atoms with Crippen molar-refractivity contribution >= 4 is 6.29 Å². The van der Waals surface area contributed by atoms with Gasteiger partial charge in [0.25, 0.3) is 0 Å². The second-order valence-electron chi connectivity index (χ2n) is 4.55. The van der Waals surface area contributed by atoms with Gasteiger partial charge in [-0.15, -0.1) is 0 Å². The van der Waals surface area contributed by atoms with Gasteiger partial charge in [-0.1, -0.05) is 24.3 Å². The van der Waals surface area contributed by atoms with E-state index >= 15 is 0 Å². The standard InChI is InChI=1S/C13H16O5/c14-5-10-1-3-11(4-2-10)12-17-8-13(6-15,7-16)9-18-12/h1-5,12,15-16H,6-9H2. The minimum Gasteiger partial charge on any atom is -0.396 e. The van der Waals surface area contributed by atoms with E-state index < -0.39 is 11.7 Å². The monoisotopic (exact) mass is 252 g/mol. The highest BCUT2D eigenvalue weighted by atomic mass is 16.7. The summed E-state index contributed by atoms with van der Waals surface area (Å²) in [6.45, 7) is 0.112. The first-order chi connectivity index (χ1) is 8.73. The third-order valence-corrected chi connectivity index (χ3v) is 3.10. The van der Waals surface area contributed by atoms with E-state index in [1.807, 2.05) is 0 Å². The summed E-state index contributed by atoms with van der Waals surface area (Å²) in [6.07, 6.45) is 0.256. The van der Waals surface area contributed by atoms with Crippen LogP contribution < -0.4 is 0 Å². The van der Waals surface area contributed by atoms with Gasteiger partial charge in [0.1, 0.15) is 6.29 Å². The molecular weight excluding hydrogens is 236 g/mol. The molecule has 2 N–H and O–H groups in total. The van der Waals surface area contributed by atoms with E-state index in [-0.39, 0.29) is 26.4 Å². The SMILES string of the molecule is O=Cc1ccc(C2OCC(CO)(CO)CO2)cc1. The van der Waals surface area contributed by atoms with Crippen molar-refractivity contribution < 1.29 is 24.5 Å². The van der Waals surface area contributed by atoms with Crippen LogP contribution in [-0.2, 0) is 9.47 Å². The van der Waals surface area contributed by atoms with Gasteiger partial charge in [0, 0.05) is 11.1 Å². The summed E-state index contributed by atoms with van der Waals surface area (Å²) in [4.78, 5) is 10.5. The van der Waals surface area contributed by atoms with Crippen LogP contribution in [0.3, 0.4) is 0 Å². The normalized spacial score (nSPS) is 19.7. The van der Waals surface area contributed by atoms with Crippen molar-refractivity contribution in [3.8, 4) is 0 Å². The predicted molar refractivity (Wildman–Crippen MR) is 63.1 cm³/mol. The van der Waals surface area contributed by atoms with Crippen LogP contribution in [0.4, 0.5) is 0 Å². The van der Waals surface area contributed by atoms with Crippen LogP contribution in [0.5, 0.6) is 0 Å². The number of carbonyl (C=O) groups is 1. The number of carbonyl (C=O) groups excluding carboxylic acids is 1. The number of ether oxygens (including phenoxy) is 2. The molecule has 18 heavy (non-hydrogen) atoms. The fourth-order valence-electron chi connectivity index (χ4n) is 1.75. The highest BCUT2D eigenvalue weighted by Crippen LogP contribution is 2.31. The molecule has 0 saturated carbocycles. The number of hydrogen-bond acceptors (Lipinski definition) is 5. The van der Waals surface area contributed by atoms with Crippen LogP contribution in [0.15, 0.2) is 24.3 Å². The van der Waals surface area contributed by atoms with E-state index in [4.69, 9.17) is 9.47 Å². The van der Waals surface area contributed by atoms with Gasteiger partial charge in [-0.25, -0.2) is 0 Å². The molecule has 1 fully saturated rings. The molecule has 0 radical (unpaired) electrons. The summed E-state index contributed by atoms with van der Waals surface area (Å²) in [7, 11) is 0. The summed E-state index contributed by atoms with van der Waals surface area (Å²) in [5.74, 6) is 0. The lowest BCUT2D eigenvalue weighted by atomic mass is 9.91. The molecule has 0 spiro atoms. The van der Waals surface area contributed by atoms with Gasteiger partial charge in [0.05, 0.1) is 31.8 Å². The molecule has 1 aliphatic rings. The Morgan fingerprint density at radius 1 is 1.17 bits per heavy atom. The molecule has 1 aromatic carbocycles. The lowest BCUT2D eigenvalue weighted by molar-refractivity contribution is -0.248. The first kappa shape index (κ1) is 13.2. The van der Waals surface area contributed by atoms with Crippen molar-refractivity contribution in [2.45, 2.75) is 6.29 Å². The zero-order valence-electron chi connectivity index (χ0n) is 9.91. The molecule has 0 unspecified atom stereocenters. The second kappa shape index (κ2) is 5.58.